The van der Waals surface area contributed by atoms with Crippen molar-refractivity contribution in [2.24, 2.45) is 0 Å². The molecule has 0 heterocycles. The van der Waals surface area contributed by atoms with Gasteiger partial charge in [-0.25, -0.2) is 0 Å². The summed E-state index contributed by atoms with van der Waals surface area (Å²) < 4.78 is 0. The maximum Gasteiger partial charge on any atom is 1.00 e. The van der Waals surface area contributed by atoms with Gasteiger partial charge in [-0.1, -0.05) is 0 Å². The first-order valence-corrected chi connectivity index (χ1v) is 3.44. The number of hydrogen-bond acceptors (Lipinski definition) is 1. The Labute approximate surface area is 93.9 Å². The average Bonchev–Trinajstić information content (AvgIpc) is 0.722. The van der Waals surface area contributed by atoms with Gasteiger partial charge in [-0.2, -0.15) is 0 Å². The summed E-state index contributed by atoms with van der Waals surface area (Å²) in [7, 11) is 0. The first-order chi connectivity index (χ1) is 2.00. The Morgan fingerprint density at radius 3 is 1.14 bits per heavy atom. The first kappa shape index (κ1) is 16.3. The molecule has 0 spiro atoms. The van der Waals surface area contributed by atoms with Gasteiger partial charge in [0.1, 0.15) is 0 Å². The van der Waals surface area contributed by atoms with E-state index in [1.165, 1.54) is 0 Å². The Hall–Kier alpha value is 2.53. The van der Waals surface area contributed by atoms with Gasteiger partial charge in [0.2, 0.25) is 0 Å². The van der Waals surface area contributed by atoms with Gasteiger partial charge in [0.05, 0.1) is 0 Å². The molecule has 0 saturated carbocycles. The van der Waals surface area contributed by atoms with Crippen LogP contribution < -0.4 is 59.1 Å². The smallest absolute Gasteiger partial charge is 1.00 e. The zero-order valence-corrected chi connectivity index (χ0v) is 9.91. The Bertz CT molecular complexity index is 65.9. The van der Waals surface area contributed by atoms with E-state index in [1.54, 1.807) is 0 Å². The molecular formula is H5Na2O3PS. The van der Waals surface area contributed by atoms with E-state index in [0.29, 0.717) is 0 Å². The average molecular weight is 162 g/mol. The van der Waals surface area contributed by atoms with Crippen molar-refractivity contribution >= 4 is 18.5 Å². The third-order valence-electron chi connectivity index (χ3n) is 0. The molecule has 0 fully saturated rings. The van der Waals surface area contributed by atoms with Gasteiger partial charge < -0.3 is 17.5 Å². The molecule has 0 radical (unpaired) electrons. The van der Waals surface area contributed by atoms with E-state index < -0.39 is 6.72 Å². The van der Waals surface area contributed by atoms with Crippen molar-refractivity contribution in [3.8, 4) is 0 Å². The predicted molar refractivity (Wildman–Crippen MR) is 23.2 cm³/mol. The van der Waals surface area contributed by atoms with Crippen LogP contribution in [0.5, 0.6) is 0 Å². The molecule has 7 heavy (non-hydrogen) atoms. The Morgan fingerprint density at radius 1 is 1.14 bits per heavy atom. The van der Waals surface area contributed by atoms with E-state index in [1.807, 2.05) is 0 Å². The summed E-state index contributed by atoms with van der Waals surface area (Å²) in [6.07, 6.45) is 0. The molecule has 0 bridgehead atoms. The molecule has 0 aliphatic heterocycles. The second kappa shape index (κ2) is 6.65. The fourth-order valence-electron chi connectivity index (χ4n) is 0. The summed E-state index contributed by atoms with van der Waals surface area (Å²) >= 11 is 3.60. The van der Waals surface area contributed by atoms with Gasteiger partial charge >= 0.3 is 65.8 Å². The van der Waals surface area contributed by atoms with E-state index in [-0.39, 0.29) is 62.0 Å². The maximum absolute atomic E-state index is 7.56. The van der Waals surface area contributed by atoms with Crippen molar-refractivity contribution in [1.82, 2.24) is 0 Å². The van der Waals surface area contributed by atoms with Gasteiger partial charge in [-0.15, -0.1) is 0 Å². The molecule has 3 N–H and O–H groups in total. The van der Waals surface area contributed by atoms with E-state index in [9.17, 15) is 0 Å². The molecular weight excluding hydrogens is 157 g/mol. The van der Waals surface area contributed by atoms with E-state index in [2.05, 4.69) is 11.8 Å². The van der Waals surface area contributed by atoms with Gasteiger partial charge in [0.25, 0.3) is 0 Å². The summed E-state index contributed by atoms with van der Waals surface area (Å²) in [5, 5.41) is 0. The van der Waals surface area contributed by atoms with Crippen molar-refractivity contribution in [2.45, 2.75) is 0 Å². The number of rotatable bonds is 0. The maximum atomic E-state index is 7.56. The summed E-state index contributed by atoms with van der Waals surface area (Å²) in [5.74, 6) is 0. The fraction of sp³-hybridized carbons (Fsp3) is 0. The van der Waals surface area contributed by atoms with Crippen LogP contribution in [0.15, 0.2) is 0 Å². The van der Waals surface area contributed by atoms with Crippen LogP contribution >= 0.6 is 6.72 Å². The minimum absolute atomic E-state index is 0. The van der Waals surface area contributed by atoms with E-state index in [4.69, 9.17) is 14.7 Å². The molecule has 0 aromatic rings. The topological polar surface area (TPSA) is 60.7 Å². The zero-order chi connectivity index (χ0) is 4.50. The monoisotopic (exact) mass is 162 g/mol. The number of hydrogen-bond donors (Lipinski definition) is 3. The normalized spacial score (nSPS) is 8.43. The van der Waals surface area contributed by atoms with Gasteiger partial charge in [0.15, 0.2) is 0 Å². The minimum atomic E-state index is -3.81. The molecule has 36 valence electrons. The molecule has 0 aliphatic rings. The molecule has 0 atom stereocenters. The second-order valence-electron chi connectivity index (χ2n) is 0.513. The fourth-order valence-corrected chi connectivity index (χ4v) is 0. The van der Waals surface area contributed by atoms with Crippen LogP contribution in [0.3, 0.4) is 0 Å². The van der Waals surface area contributed by atoms with Crippen LogP contribution in [0.2, 0.25) is 0 Å². The van der Waals surface area contributed by atoms with Gasteiger partial charge in [0, 0.05) is 0 Å². The van der Waals surface area contributed by atoms with Gasteiger partial charge in [-0.3, -0.25) is 0 Å². The molecule has 3 nitrogen and oxygen atoms in total. The Balaban J connectivity index is -0.0000000133. The van der Waals surface area contributed by atoms with Crippen LogP contribution in [-0.4, -0.2) is 14.7 Å². The van der Waals surface area contributed by atoms with Crippen LogP contribution in [0, 0.1) is 0 Å². The zero-order valence-electron chi connectivity index (χ0n) is 6.20. The summed E-state index contributed by atoms with van der Waals surface area (Å²) in [4.78, 5) is 22.7. The molecule has 0 aliphatic carbocycles. The van der Waals surface area contributed by atoms with E-state index in [0.717, 1.165) is 0 Å². The Morgan fingerprint density at radius 2 is 1.14 bits per heavy atom. The third-order valence-corrected chi connectivity index (χ3v) is 0. The molecule has 7 heteroatoms. The summed E-state index contributed by atoms with van der Waals surface area (Å²) in [6.45, 7) is -3.81. The van der Waals surface area contributed by atoms with Crippen molar-refractivity contribution in [2.75, 3.05) is 0 Å². The van der Waals surface area contributed by atoms with Crippen LogP contribution in [0.4, 0.5) is 0 Å². The van der Waals surface area contributed by atoms with Gasteiger partial charge in [-0.05, 0) is 11.8 Å². The van der Waals surface area contributed by atoms with Crippen LogP contribution in [0.25, 0.3) is 0 Å². The summed E-state index contributed by atoms with van der Waals surface area (Å²) in [5.41, 5.74) is 0. The van der Waals surface area contributed by atoms with Crippen LogP contribution in [-0.2, 0) is 11.8 Å². The Kier molecular flexibility index (Phi) is 15.4. The minimum Gasteiger partial charge on any atom is -1.00 e. The quantitative estimate of drug-likeness (QED) is 0.245. The molecule has 0 aromatic heterocycles. The molecule has 0 saturated heterocycles. The van der Waals surface area contributed by atoms with Crippen molar-refractivity contribution < 1.29 is 76.6 Å². The summed E-state index contributed by atoms with van der Waals surface area (Å²) in [6, 6.07) is 0. The van der Waals surface area contributed by atoms with Crippen molar-refractivity contribution in [3.05, 3.63) is 0 Å². The van der Waals surface area contributed by atoms with E-state index >= 15 is 0 Å². The molecule has 0 amide bonds. The molecule has 0 aromatic carbocycles. The predicted octanol–water partition coefficient (Wildman–Crippen LogP) is -6.58. The second-order valence-corrected chi connectivity index (χ2v) is 3.01. The largest absolute Gasteiger partial charge is 1.00 e. The standard InChI is InChI=1S/2Na.H3O3PS.2H/c;;1-4(2,3)5;;/h;;(H3,1,2,3,5);;/q2*+1;;2*-1. The molecule has 0 rings (SSSR count). The SMILES string of the molecule is OP(O)(O)=S.[H-].[H-].[Na+].[Na+]. The van der Waals surface area contributed by atoms with Crippen molar-refractivity contribution in [3.63, 3.8) is 0 Å². The third kappa shape index (κ3) is 56.8. The molecule has 0 unspecified atom stereocenters. The van der Waals surface area contributed by atoms with Crippen molar-refractivity contribution in [1.29, 1.82) is 0 Å². The first-order valence-electron chi connectivity index (χ1n) is 0.783. The van der Waals surface area contributed by atoms with Crippen LogP contribution in [0.1, 0.15) is 2.85 Å².